The van der Waals surface area contributed by atoms with Crippen LogP contribution in [0.1, 0.15) is 39.5 Å². The summed E-state index contributed by atoms with van der Waals surface area (Å²) >= 11 is 3.65. The van der Waals surface area contributed by atoms with Crippen LogP contribution in [-0.4, -0.2) is 41.1 Å². The summed E-state index contributed by atoms with van der Waals surface area (Å²) in [4.78, 5) is 2.48. The molecule has 0 atom stereocenters. The molecule has 1 fully saturated rings. The van der Waals surface area contributed by atoms with Crippen LogP contribution < -0.4 is 0 Å². The van der Waals surface area contributed by atoms with Gasteiger partial charge in [0, 0.05) is 24.5 Å². The standard InChI is InChI=1S/C12H24BrNO/c1-3-12(4-2,9-13)10-14(7-8-15)11-5-6-11/h11,15H,3-10H2,1-2H3. The molecule has 1 N–H and O–H groups in total. The molecule has 3 heteroatoms. The minimum absolute atomic E-state index is 0.294. The number of hydrogen-bond acceptors (Lipinski definition) is 2. The van der Waals surface area contributed by atoms with Gasteiger partial charge in [0.25, 0.3) is 0 Å². The van der Waals surface area contributed by atoms with Crippen molar-refractivity contribution in [1.29, 1.82) is 0 Å². The van der Waals surface area contributed by atoms with Gasteiger partial charge in [-0.05, 0) is 31.1 Å². The van der Waals surface area contributed by atoms with Gasteiger partial charge < -0.3 is 5.11 Å². The number of aliphatic hydroxyl groups excluding tert-OH is 1. The Balaban J connectivity index is 2.52. The molecule has 1 saturated carbocycles. The monoisotopic (exact) mass is 277 g/mol. The van der Waals surface area contributed by atoms with E-state index in [1.165, 1.54) is 25.7 Å². The van der Waals surface area contributed by atoms with Gasteiger partial charge in [0.1, 0.15) is 0 Å². The van der Waals surface area contributed by atoms with E-state index >= 15 is 0 Å². The number of halogens is 1. The molecule has 1 rings (SSSR count). The van der Waals surface area contributed by atoms with Crippen molar-refractivity contribution in [2.45, 2.75) is 45.6 Å². The Morgan fingerprint density at radius 3 is 2.27 bits per heavy atom. The number of aliphatic hydroxyl groups is 1. The van der Waals surface area contributed by atoms with Crippen LogP contribution in [0.2, 0.25) is 0 Å². The predicted octanol–water partition coefficient (Wildman–Crippen LogP) is 2.64. The first-order chi connectivity index (χ1) is 7.21. The van der Waals surface area contributed by atoms with Crippen molar-refractivity contribution in [2.24, 2.45) is 5.41 Å². The highest BCUT2D eigenvalue weighted by Gasteiger charge is 2.34. The molecule has 0 radical (unpaired) electrons. The molecule has 0 aromatic rings. The van der Waals surface area contributed by atoms with Crippen LogP contribution in [0.4, 0.5) is 0 Å². The molecule has 0 aromatic carbocycles. The average molecular weight is 278 g/mol. The lowest BCUT2D eigenvalue weighted by molar-refractivity contribution is 0.125. The van der Waals surface area contributed by atoms with E-state index in [4.69, 9.17) is 5.11 Å². The van der Waals surface area contributed by atoms with Gasteiger partial charge in [-0.25, -0.2) is 0 Å². The van der Waals surface area contributed by atoms with Crippen LogP contribution >= 0.6 is 15.9 Å². The number of hydrogen-bond donors (Lipinski definition) is 1. The van der Waals surface area contributed by atoms with Gasteiger partial charge in [-0.1, -0.05) is 29.8 Å². The maximum absolute atomic E-state index is 9.07. The maximum atomic E-state index is 9.07. The zero-order valence-electron chi connectivity index (χ0n) is 10.0. The van der Waals surface area contributed by atoms with Crippen molar-refractivity contribution >= 4 is 15.9 Å². The fraction of sp³-hybridized carbons (Fsp3) is 1.00. The van der Waals surface area contributed by atoms with E-state index in [9.17, 15) is 0 Å². The lowest BCUT2D eigenvalue weighted by Gasteiger charge is -2.36. The van der Waals surface area contributed by atoms with Gasteiger partial charge in [-0.15, -0.1) is 0 Å². The molecule has 0 amide bonds. The molecule has 0 unspecified atom stereocenters. The van der Waals surface area contributed by atoms with Gasteiger partial charge in [0.2, 0.25) is 0 Å². The van der Waals surface area contributed by atoms with Crippen LogP contribution in [0.15, 0.2) is 0 Å². The van der Waals surface area contributed by atoms with E-state index in [0.717, 1.165) is 24.5 Å². The van der Waals surface area contributed by atoms with Gasteiger partial charge in [0.15, 0.2) is 0 Å². The molecule has 90 valence electrons. The number of alkyl halides is 1. The first-order valence-electron chi connectivity index (χ1n) is 6.12. The van der Waals surface area contributed by atoms with Crippen LogP contribution in [0.5, 0.6) is 0 Å². The lowest BCUT2D eigenvalue weighted by Crippen LogP contribution is -2.41. The second kappa shape index (κ2) is 6.21. The SMILES string of the molecule is CCC(CC)(CBr)CN(CCO)C1CC1. The highest BCUT2D eigenvalue weighted by molar-refractivity contribution is 9.09. The summed E-state index contributed by atoms with van der Waals surface area (Å²) in [6, 6.07) is 0.758. The van der Waals surface area contributed by atoms with Crippen LogP contribution in [-0.2, 0) is 0 Å². The number of nitrogens with zero attached hydrogens (tertiary/aromatic N) is 1. The molecule has 0 bridgehead atoms. The molecular weight excluding hydrogens is 254 g/mol. The first-order valence-corrected chi connectivity index (χ1v) is 7.24. The summed E-state index contributed by atoms with van der Waals surface area (Å²) < 4.78 is 0. The molecular formula is C12H24BrNO. The normalized spacial score (nSPS) is 17.4. The zero-order chi connectivity index (χ0) is 11.3. The van der Waals surface area contributed by atoms with Crippen molar-refractivity contribution in [2.75, 3.05) is 25.0 Å². The summed E-state index contributed by atoms with van der Waals surface area (Å²) in [5.41, 5.74) is 0.401. The Labute approximate surface area is 102 Å². The van der Waals surface area contributed by atoms with E-state index in [-0.39, 0.29) is 0 Å². The second-order valence-electron chi connectivity index (χ2n) is 4.77. The Morgan fingerprint density at radius 1 is 1.33 bits per heavy atom. The molecule has 0 aromatic heterocycles. The van der Waals surface area contributed by atoms with Gasteiger partial charge in [-0.3, -0.25) is 4.90 Å². The Bertz CT molecular complexity index is 170. The largest absolute Gasteiger partial charge is 0.395 e. The van der Waals surface area contributed by atoms with Gasteiger partial charge in [0.05, 0.1) is 6.61 Å². The molecule has 0 saturated heterocycles. The second-order valence-corrected chi connectivity index (χ2v) is 5.33. The van der Waals surface area contributed by atoms with Crippen molar-refractivity contribution in [3.8, 4) is 0 Å². The number of rotatable bonds is 8. The van der Waals surface area contributed by atoms with E-state index in [2.05, 4.69) is 34.7 Å². The van der Waals surface area contributed by atoms with E-state index in [1.54, 1.807) is 0 Å². The third-order valence-corrected chi connectivity index (χ3v) is 4.96. The summed E-state index contributed by atoms with van der Waals surface area (Å²) in [5, 5.41) is 10.1. The highest BCUT2D eigenvalue weighted by Crippen LogP contribution is 2.34. The van der Waals surface area contributed by atoms with Crippen LogP contribution in [0, 0.1) is 5.41 Å². The lowest BCUT2D eigenvalue weighted by atomic mass is 9.84. The Kier molecular flexibility index (Phi) is 5.58. The van der Waals surface area contributed by atoms with Crippen molar-refractivity contribution < 1.29 is 5.11 Å². The quantitative estimate of drug-likeness (QED) is 0.690. The predicted molar refractivity (Wildman–Crippen MR) is 68.5 cm³/mol. The van der Waals surface area contributed by atoms with E-state index in [1.807, 2.05) is 0 Å². The van der Waals surface area contributed by atoms with Gasteiger partial charge in [-0.2, -0.15) is 0 Å². The van der Waals surface area contributed by atoms with Crippen molar-refractivity contribution in [3.63, 3.8) is 0 Å². The molecule has 0 aliphatic heterocycles. The van der Waals surface area contributed by atoms with Crippen molar-refractivity contribution in [3.05, 3.63) is 0 Å². The Morgan fingerprint density at radius 2 is 1.93 bits per heavy atom. The zero-order valence-corrected chi connectivity index (χ0v) is 11.6. The molecule has 15 heavy (non-hydrogen) atoms. The fourth-order valence-electron chi connectivity index (χ4n) is 2.09. The summed E-state index contributed by atoms with van der Waals surface area (Å²) in [6.07, 6.45) is 5.07. The molecule has 2 nitrogen and oxygen atoms in total. The smallest absolute Gasteiger partial charge is 0.0558 e. The summed E-state index contributed by atoms with van der Waals surface area (Å²) in [6.45, 7) is 6.82. The summed E-state index contributed by atoms with van der Waals surface area (Å²) in [7, 11) is 0. The third-order valence-electron chi connectivity index (χ3n) is 3.77. The van der Waals surface area contributed by atoms with E-state index in [0.29, 0.717) is 12.0 Å². The van der Waals surface area contributed by atoms with Crippen molar-refractivity contribution in [1.82, 2.24) is 4.90 Å². The topological polar surface area (TPSA) is 23.5 Å². The fourth-order valence-corrected chi connectivity index (χ4v) is 3.06. The first kappa shape index (κ1) is 13.5. The molecule has 1 aliphatic rings. The Hall–Kier alpha value is 0.400. The molecule has 0 spiro atoms. The van der Waals surface area contributed by atoms with Gasteiger partial charge >= 0.3 is 0 Å². The van der Waals surface area contributed by atoms with E-state index < -0.39 is 0 Å². The van der Waals surface area contributed by atoms with Crippen LogP contribution in [0.25, 0.3) is 0 Å². The average Bonchev–Trinajstić information content (AvgIpc) is 3.09. The maximum Gasteiger partial charge on any atom is 0.0558 e. The minimum atomic E-state index is 0.294. The minimum Gasteiger partial charge on any atom is -0.395 e. The highest BCUT2D eigenvalue weighted by atomic mass is 79.9. The third kappa shape index (κ3) is 3.72. The summed E-state index contributed by atoms with van der Waals surface area (Å²) in [5.74, 6) is 0. The molecule has 1 aliphatic carbocycles. The van der Waals surface area contributed by atoms with Crippen LogP contribution in [0.3, 0.4) is 0 Å². The molecule has 0 heterocycles.